The van der Waals surface area contributed by atoms with Crippen molar-refractivity contribution >= 4 is 29.0 Å². The van der Waals surface area contributed by atoms with E-state index in [1.165, 1.54) is 24.3 Å². The number of non-ortho nitro benzene ring substituents is 1. The minimum atomic E-state index is -0.591. The molecule has 0 unspecified atom stereocenters. The number of Topliss-reactive ketones (excluding diaryl/α,β-unsaturated/α-hetero) is 1. The molecule has 1 amide bonds. The monoisotopic (exact) mass is 397 g/mol. The number of anilines is 1. The van der Waals surface area contributed by atoms with Crippen molar-refractivity contribution in [3.8, 4) is 0 Å². The number of nitrogens with zero attached hydrogens (tertiary/aromatic N) is 2. The molecule has 9 nitrogen and oxygen atoms in total. The molecule has 0 spiro atoms. The largest absolute Gasteiger partial charge is 0.370 e. The Morgan fingerprint density at radius 2 is 1.72 bits per heavy atom. The molecule has 2 aromatic carbocycles. The van der Waals surface area contributed by atoms with Crippen LogP contribution >= 0.6 is 0 Å². The summed E-state index contributed by atoms with van der Waals surface area (Å²) in [5, 5.41) is 13.5. The van der Waals surface area contributed by atoms with Crippen molar-refractivity contribution in [2.75, 3.05) is 11.9 Å². The maximum absolute atomic E-state index is 12.7. The molecule has 0 saturated heterocycles. The molecule has 0 bridgehead atoms. The van der Waals surface area contributed by atoms with E-state index >= 15 is 0 Å². The maximum Gasteiger partial charge on any atom is 0.269 e. The second kappa shape index (κ2) is 10.5. The highest BCUT2D eigenvalue weighted by atomic mass is 16.6. The van der Waals surface area contributed by atoms with E-state index in [2.05, 4.69) is 10.3 Å². The standard InChI is InChI=1S/C20H23N5O4/c21-20(22)23-12-4-7-15(13-18(26)14-5-2-1-3-6-14)19(27)24-16-8-10-17(11-9-16)25(28)29/h1-3,5-6,8-11,15H,4,7,12-13H2,(H,24,27)(H4,21,22,23)/t15-/m1/s1. The van der Waals surface area contributed by atoms with E-state index in [0.29, 0.717) is 30.6 Å². The first-order valence-corrected chi connectivity index (χ1v) is 9.05. The van der Waals surface area contributed by atoms with Gasteiger partial charge in [0.25, 0.3) is 5.69 Å². The van der Waals surface area contributed by atoms with Crippen LogP contribution in [0.15, 0.2) is 59.6 Å². The number of carbonyl (C=O) groups is 2. The summed E-state index contributed by atoms with van der Waals surface area (Å²) in [4.78, 5) is 39.4. The number of guanidine groups is 1. The van der Waals surface area contributed by atoms with Crippen LogP contribution in [0.1, 0.15) is 29.6 Å². The highest BCUT2D eigenvalue weighted by Crippen LogP contribution is 2.20. The third-order valence-corrected chi connectivity index (χ3v) is 4.25. The summed E-state index contributed by atoms with van der Waals surface area (Å²) in [6, 6.07) is 14.2. The third kappa shape index (κ3) is 7.06. The lowest BCUT2D eigenvalue weighted by molar-refractivity contribution is -0.384. The topological polar surface area (TPSA) is 154 Å². The van der Waals surface area contributed by atoms with Crippen molar-refractivity contribution in [2.45, 2.75) is 19.3 Å². The van der Waals surface area contributed by atoms with E-state index in [0.717, 1.165) is 0 Å². The van der Waals surface area contributed by atoms with Crippen LogP contribution in [0.3, 0.4) is 0 Å². The molecule has 2 rings (SSSR count). The highest BCUT2D eigenvalue weighted by molar-refractivity contribution is 6.01. The second-order valence-corrected chi connectivity index (χ2v) is 6.43. The van der Waals surface area contributed by atoms with Gasteiger partial charge in [0, 0.05) is 42.3 Å². The molecule has 0 radical (unpaired) electrons. The summed E-state index contributed by atoms with van der Waals surface area (Å²) in [6.45, 7) is 0.350. The number of amides is 1. The third-order valence-electron chi connectivity index (χ3n) is 4.25. The molecule has 1 atom stereocenters. The summed E-state index contributed by atoms with van der Waals surface area (Å²) in [6.07, 6.45) is 0.969. The Balaban J connectivity index is 2.07. The van der Waals surface area contributed by atoms with Crippen LogP contribution < -0.4 is 16.8 Å². The Bertz CT molecular complexity index is 878. The van der Waals surface area contributed by atoms with Gasteiger partial charge in [0.05, 0.1) is 4.92 Å². The Kier molecular flexibility index (Phi) is 7.84. The number of nitro benzene ring substituents is 1. The van der Waals surface area contributed by atoms with E-state index in [-0.39, 0.29) is 29.8 Å². The molecular formula is C20H23N5O4. The Morgan fingerprint density at radius 1 is 1.07 bits per heavy atom. The molecule has 0 saturated carbocycles. The minimum Gasteiger partial charge on any atom is -0.370 e. The van der Waals surface area contributed by atoms with Crippen LogP contribution in [0, 0.1) is 16.0 Å². The maximum atomic E-state index is 12.7. The molecule has 29 heavy (non-hydrogen) atoms. The van der Waals surface area contributed by atoms with Gasteiger partial charge in [-0.3, -0.25) is 24.7 Å². The number of rotatable bonds is 10. The smallest absolute Gasteiger partial charge is 0.269 e. The van der Waals surface area contributed by atoms with Gasteiger partial charge < -0.3 is 16.8 Å². The van der Waals surface area contributed by atoms with Crippen LogP contribution in [0.2, 0.25) is 0 Å². The first-order chi connectivity index (χ1) is 13.9. The Morgan fingerprint density at radius 3 is 2.31 bits per heavy atom. The van der Waals surface area contributed by atoms with E-state index in [9.17, 15) is 19.7 Å². The van der Waals surface area contributed by atoms with Crippen molar-refractivity contribution in [1.82, 2.24) is 0 Å². The molecule has 0 fully saturated rings. The van der Waals surface area contributed by atoms with Crippen LogP contribution in [-0.4, -0.2) is 29.1 Å². The Hall–Kier alpha value is -3.75. The van der Waals surface area contributed by atoms with Gasteiger partial charge >= 0.3 is 0 Å². The number of carbonyl (C=O) groups excluding carboxylic acids is 2. The number of hydrogen-bond acceptors (Lipinski definition) is 5. The predicted molar refractivity (Wildman–Crippen MR) is 111 cm³/mol. The fourth-order valence-electron chi connectivity index (χ4n) is 2.75. The minimum absolute atomic E-state index is 0.0303. The average Bonchev–Trinajstić information content (AvgIpc) is 2.71. The Labute approximate surface area is 168 Å². The first kappa shape index (κ1) is 21.5. The quantitative estimate of drug-likeness (QED) is 0.140. The summed E-state index contributed by atoms with van der Waals surface area (Å²) < 4.78 is 0. The van der Waals surface area contributed by atoms with Gasteiger partial charge in [-0.1, -0.05) is 30.3 Å². The van der Waals surface area contributed by atoms with E-state index in [1.807, 2.05) is 6.07 Å². The van der Waals surface area contributed by atoms with Crippen LogP contribution in [0.25, 0.3) is 0 Å². The van der Waals surface area contributed by atoms with Gasteiger partial charge in [-0.2, -0.15) is 0 Å². The molecule has 0 aromatic heterocycles. The number of nitrogens with one attached hydrogen (secondary N) is 1. The molecule has 152 valence electrons. The molecule has 0 aliphatic heterocycles. The first-order valence-electron chi connectivity index (χ1n) is 9.05. The van der Waals surface area contributed by atoms with E-state index in [4.69, 9.17) is 11.5 Å². The number of ketones is 1. The van der Waals surface area contributed by atoms with Crippen molar-refractivity contribution in [2.24, 2.45) is 22.4 Å². The molecule has 2 aromatic rings. The SMILES string of the molecule is NC(N)=NCCC[C@H](CC(=O)c1ccccc1)C(=O)Nc1ccc([N+](=O)[O-])cc1. The average molecular weight is 397 g/mol. The molecule has 9 heteroatoms. The summed E-state index contributed by atoms with van der Waals surface area (Å²) >= 11 is 0. The zero-order valence-electron chi connectivity index (χ0n) is 15.8. The number of nitrogens with two attached hydrogens (primary N) is 2. The number of hydrogen-bond donors (Lipinski definition) is 3. The zero-order chi connectivity index (χ0) is 21.2. The fraction of sp³-hybridized carbons (Fsp3) is 0.250. The molecule has 0 aliphatic carbocycles. The molecule has 5 N–H and O–H groups in total. The number of nitro groups is 1. The number of benzene rings is 2. The lowest BCUT2D eigenvalue weighted by Crippen LogP contribution is -2.26. The predicted octanol–water partition coefficient (Wildman–Crippen LogP) is 2.48. The summed E-state index contributed by atoms with van der Waals surface area (Å²) in [7, 11) is 0. The zero-order valence-corrected chi connectivity index (χ0v) is 15.8. The molecular weight excluding hydrogens is 374 g/mol. The lowest BCUT2D eigenvalue weighted by atomic mass is 9.93. The normalized spacial score (nSPS) is 11.3. The van der Waals surface area contributed by atoms with E-state index < -0.39 is 10.8 Å². The second-order valence-electron chi connectivity index (χ2n) is 6.43. The summed E-state index contributed by atoms with van der Waals surface area (Å²) in [5.41, 5.74) is 11.5. The number of aliphatic imine (C=N–C) groups is 1. The van der Waals surface area contributed by atoms with Crippen molar-refractivity contribution in [1.29, 1.82) is 0 Å². The van der Waals surface area contributed by atoms with Gasteiger partial charge in [0.1, 0.15) is 0 Å². The van der Waals surface area contributed by atoms with Crippen LogP contribution in [0.5, 0.6) is 0 Å². The summed E-state index contributed by atoms with van der Waals surface area (Å²) in [5.74, 6) is -1.10. The van der Waals surface area contributed by atoms with Gasteiger partial charge in [-0.05, 0) is 25.0 Å². The van der Waals surface area contributed by atoms with Crippen molar-refractivity contribution in [3.05, 3.63) is 70.3 Å². The highest BCUT2D eigenvalue weighted by Gasteiger charge is 2.22. The van der Waals surface area contributed by atoms with Gasteiger partial charge in [0.2, 0.25) is 5.91 Å². The molecule has 0 aliphatic rings. The van der Waals surface area contributed by atoms with Gasteiger partial charge in [0.15, 0.2) is 11.7 Å². The van der Waals surface area contributed by atoms with Crippen LogP contribution in [-0.2, 0) is 4.79 Å². The molecule has 0 heterocycles. The van der Waals surface area contributed by atoms with E-state index in [1.54, 1.807) is 24.3 Å². The van der Waals surface area contributed by atoms with Crippen LogP contribution in [0.4, 0.5) is 11.4 Å². The van der Waals surface area contributed by atoms with Crippen molar-refractivity contribution < 1.29 is 14.5 Å². The van der Waals surface area contributed by atoms with Gasteiger partial charge in [-0.15, -0.1) is 0 Å². The van der Waals surface area contributed by atoms with Gasteiger partial charge in [-0.25, -0.2) is 0 Å². The lowest BCUT2D eigenvalue weighted by Gasteiger charge is -2.16. The van der Waals surface area contributed by atoms with Crippen molar-refractivity contribution in [3.63, 3.8) is 0 Å². The fourth-order valence-corrected chi connectivity index (χ4v) is 2.75.